The number of carbonyl (C=O) groups is 2. The summed E-state index contributed by atoms with van der Waals surface area (Å²) in [6.07, 6.45) is 2.63. The first kappa shape index (κ1) is 20.9. The topological polar surface area (TPSA) is 92.3 Å². The minimum Gasteiger partial charge on any atom is -0.493 e. The van der Waals surface area contributed by atoms with Crippen molar-refractivity contribution in [3.63, 3.8) is 0 Å². The number of aryl methyl sites for hydroxylation is 1. The number of benzene rings is 1. The van der Waals surface area contributed by atoms with E-state index in [2.05, 4.69) is 5.32 Å². The predicted molar refractivity (Wildman–Crippen MR) is 107 cm³/mol. The predicted octanol–water partition coefficient (Wildman–Crippen LogP) is 2.10. The van der Waals surface area contributed by atoms with Gasteiger partial charge >= 0.3 is 0 Å². The monoisotopic (exact) mass is 419 g/mol. The highest BCUT2D eigenvalue weighted by Crippen LogP contribution is 2.62. The molecule has 1 aliphatic carbocycles. The summed E-state index contributed by atoms with van der Waals surface area (Å²) in [5.41, 5.74) is 1.03. The highest BCUT2D eigenvalue weighted by Gasteiger charge is 2.66. The third-order valence-corrected chi connectivity index (χ3v) is 6.87. The first-order chi connectivity index (χ1) is 14.4. The van der Waals surface area contributed by atoms with E-state index in [4.69, 9.17) is 23.7 Å². The molecule has 1 N–H and O–H groups in total. The largest absolute Gasteiger partial charge is 0.493 e. The van der Waals surface area contributed by atoms with Gasteiger partial charge in [0.2, 0.25) is 17.4 Å². The molecule has 4 atom stereocenters. The molecule has 30 heavy (non-hydrogen) atoms. The Morgan fingerprint density at radius 1 is 1.13 bits per heavy atom. The van der Waals surface area contributed by atoms with Crippen molar-refractivity contribution < 1.29 is 33.3 Å². The van der Waals surface area contributed by atoms with Gasteiger partial charge in [-0.05, 0) is 30.9 Å². The second-order valence-corrected chi connectivity index (χ2v) is 8.21. The van der Waals surface area contributed by atoms with Crippen LogP contribution in [0.3, 0.4) is 0 Å². The smallest absolute Gasteiger partial charge is 0.229 e. The first-order valence-electron chi connectivity index (χ1n) is 10.2. The molecule has 3 aliphatic rings. The number of hydrogen-bond donors (Lipinski definition) is 1. The number of ether oxygens (including phenoxy) is 5. The first-order valence-corrected chi connectivity index (χ1v) is 10.2. The average molecular weight is 419 g/mol. The Labute approximate surface area is 176 Å². The number of hydrogen-bond acceptors (Lipinski definition) is 7. The third-order valence-electron chi connectivity index (χ3n) is 6.87. The van der Waals surface area contributed by atoms with E-state index in [9.17, 15) is 9.59 Å². The number of fused-ring (bicyclic) bond motifs is 2. The van der Waals surface area contributed by atoms with Crippen molar-refractivity contribution in [2.75, 3.05) is 28.4 Å². The molecule has 2 saturated heterocycles. The number of ketones is 1. The zero-order valence-corrected chi connectivity index (χ0v) is 18.1. The molecule has 1 aromatic carbocycles. The molecule has 0 radical (unpaired) electrons. The lowest BCUT2D eigenvalue weighted by Gasteiger charge is -2.46. The molecule has 2 bridgehead atoms. The van der Waals surface area contributed by atoms with Crippen molar-refractivity contribution in [1.82, 2.24) is 5.32 Å². The van der Waals surface area contributed by atoms with Crippen molar-refractivity contribution in [1.29, 1.82) is 0 Å². The Hall–Kier alpha value is -2.32. The Kier molecular flexibility index (Phi) is 5.18. The summed E-state index contributed by atoms with van der Waals surface area (Å²) in [6, 6.07) is 1.74. The van der Waals surface area contributed by atoms with Gasteiger partial charge in [0.1, 0.15) is 5.60 Å². The highest BCUT2D eigenvalue weighted by atomic mass is 16.7. The molecule has 164 valence electrons. The maximum Gasteiger partial charge on any atom is 0.229 e. The third kappa shape index (κ3) is 2.80. The Balaban J connectivity index is 1.98. The van der Waals surface area contributed by atoms with Crippen LogP contribution in [-0.4, -0.2) is 52.0 Å². The van der Waals surface area contributed by atoms with E-state index >= 15 is 0 Å². The average Bonchev–Trinajstić information content (AvgIpc) is 3.04. The number of amides is 1. The molecule has 1 spiro atoms. The van der Waals surface area contributed by atoms with E-state index in [1.165, 1.54) is 14.0 Å². The standard InChI is InChI=1S/C22H29NO7/c1-12(24)23-15-7-6-13-10-16(26-2)19(27-3)20(28-4)18(13)21-8-9-22(29-5,30-21)17(25)11-14(15)21/h10,14-15H,6-9,11H2,1-5H3,(H,23,24). The normalized spacial score (nSPS) is 32.0. The molecule has 2 heterocycles. The minimum absolute atomic E-state index is 0.0821. The Morgan fingerprint density at radius 3 is 2.47 bits per heavy atom. The van der Waals surface area contributed by atoms with Crippen LogP contribution in [0, 0.1) is 5.92 Å². The minimum atomic E-state index is -1.27. The summed E-state index contributed by atoms with van der Waals surface area (Å²) in [4.78, 5) is 25.0. The molecule has 1 amide bonds. The maximum atomic E-state index is 13.1. The molecule has 0 saturated carbocycles. The van der Waals surface area contributed by atoms with Gasteiger partial charge in [0, 0.05) is 44.4 Å². The molecule has 1 aromatic rings. The van der Waals surface area contributed by atoms with E-state index in [1.807, 2.05) is 6.07 Å². The fourth-order valence-electron chi connectivity index (χ4n) is 5.62. The summed E-state index contributed by atoms with van der Waals surface area (Å²) in [6.45, 7) is 1.50. The molecule has 4 rings (SSSR count). The van der Waals surface area contributed by atoms with Crippen molar-refractivity contribution in [3.05, 3.63) is 17.2 Å². The van der Waals surface area contributed by atoms with Crippen molar-refractivity contribution in [2.24, 2.45) is 5.92 Å². The van der Waals surface area contributed by atoms with E-state index in [-0.39, 0.29) is 30.1 Å². The molecule has 8 heteroatoms. The highest BCUT2D eigenvalue weighted by molar-refractivity contribution is 5.88. The van der Waals surface area contributed by atoms with Crippen LogP contribution in [0.2, 0.25) is 0 Å². The van der Waals surface area contributed by atoms with Crippen LogP contribution >= 0.6 is 0 Å². The molecule has 0 aromatic heterocycles. The van der Waals surface area contributed by atoms with Gasteiger partial charge in [-0.3, -0.25) is 9.59 Å². The van der Waals surface area contributed by atoms with Gasteiger partial charge < -0.3 is 29.0 Å². The van der Waals surface area contributed by atoms with E-state index in [1.54, 1.807) is 21.3 Å². The number of carbonyl (C=O) groups excluding carboxylic acids is 2. The lowest BCUT2D eigenvalue weighted by molar-refractivity contribution is -0.263. The van der Waals surface area contributed by atoms with Gasteiger partial charge in [0.15, 0.2) is 17.3 Å². The lowest BCUT2D eigenvalue weighted by Crippen LogP contribution is -2.57. The van der Waals surface area contributed by atoms with Crippen LogP contribution in [-0.2, 0) is 31.1 Å². The van der Waals surface area contributed by atoms with Crippen LogP contribution in [0.5, 0.6) is 17.2 Å². The SMILES string of the molecule is COc1cc2c(c(OC)c1OC)C13CCC(OC)(O1)C(=O)CC3C(NC(C)=O)CC2. The van der Waals surface area contributed by atoms with Gasteiger partial charge in [-0.25, -0.2) is 0 Å². The van der Waals surface area contributed by atoms with Gasteiger partial charge in [0.25, 0.3) is 0 Å². The lowest BCUT2D eigenvalue weighted by atomic mass is 9.73. The molecule has 8 nitrogen and oxygen atoms in total. The van der Waals surface area contributed by atoms with Crippen LogP contribution in [0.1, 0.15) is 43.7 Å². The van der Waals surface area contributed by atoms with Gasteiger partial charge in [-0.2, -0.15) is 0 Å². The van der Waals surface area contributed by atoms with Crippen LogP contribution in [0.25, 0.3) is 0 Å². The summed E-state index contributed by atoms with van der Waals surface area (Å²) in [7, 11) is 6.25. The van der Waals surface area contributed by atoms with Gasteiger partial charge in [-0.1, -0.05) is 0 Å². The second kappa shape index (κ2) is 7.42. The van der Waals surface area contributed by atoms with Gasteiger partial charge in [0.05, 0.1) is 21.3 Å². The van der Waals surface area contributed by atoms with Crippen molar-refractivity contribution in [3.8, 4) is 17.2 Å². The zero-order chi connectivity index (χ0) is 21.7. The summed E-state index contributed by atoms with van der Waals surface area (Å²) in [5, 5.41) is 3.06. The van der Waals surface area contributed by atoms with Gasteiger partial charge in [-0.15, -0.1) is 0 Å². The quantitative estimate of drug-likeness (QED) is 0.781. The van der Waals surface area contributed by atoms with Crippen LogP contribution in [0.15, 0.2) is 6.07 Å². The fourth-order valence-corrected chi connectivity index (χ4v) is 5.62. The van der Waals surface area contributed by atoms with E-state index in [0.717, 1.165) is 11.1 Å². The number of methoxy groups -OCH3 is 4. The van der Waals surface area contributed by atoms with Crippen LogP contribution in [0.4, 0.5) is 0 Å². The molecule has 2 aliphatic heterocycles. The van der Waals surface area contributed by atoms with E-state index in [0.29, 0.717) is 42.9 Å². The molecular weight excluding hydrogens is 390 g/mol. The maximum absolute atomic E-state index is 13.1. The second-order valence-electron chi connectivity index (χ2n) is 8.21. The number of Topliss-reactive ketones (excluding diaryl/α,β-unsaturated/α-hetero) is 1. The zero-order valence-electron chi connectivity index (χ0n) is 18.1. The van der Waals surface area contributed by atoms with Crippen molar-refractivity contribution >= 4 is 11.7 Å². The summed E-state index contributed by atoms with van der Waals surface area (Å²) in [5.74, 6) is -0.118. The fraction of sp³-hybridized carbons (Fsp3) is 0.636. The number of nitrogens with one attached hydrogen (secondary N) is 1. The van der Waals surface area contributed by atoms with Crippen LogP contribution < -0.4 is 19.5 Å². The Morgan fingerprint density at radius 2 is 1.87 bits per heavy atom. The molecule has 2 fully saturated rings. The number of rotatable bonds is 5. The molecule has 4 unspecified atom stereocenters. The molecular formula is C22H29NO7. The summed E-state index contributed by atoms with van der Waals surface area (Å²) >= 11 is 0. The van der Waals surface area contributed by atoms with E-state index < -0.39 is 11.4 Å². The summed E-state index contributed by atoms with van der Waals surface area (Å²) < 4.78 is 29.2. The Bertz CT molecular complexity index is 885. The van der Waals surface area contributed by atoms with Crippen molar-refractivity contribution in [2.45, 2.75) is 56.5 Å².